The summed E-state index contributed by atoms with van der Waals surface area (Å²) in [6, 6.07) is 13.4. The van der Waals surface area contributed by atoms with E-state index in [1.165, 1.54) is 6.07 Å². The van der Waals surface area contributed by atoms with Gasteiger partial charge in [-0.3, -0.25) is 9.59 Å². The number of phenolic OH excluding ortho intramolecular Hbond substituents is 1. The number of carbonyl (C=O) groups excluding carboxylic acids is 3. The molecular weight excluding hydrogens is 446 g/mol. The van der Waals surface area contributed by atoms with Crippen LogP contribution in [-0.4, -0.2) is 46.1 Å². The maximum Gasteiger partial charge on any atom is 0.408 e. The lowest BCUT2D eigenvalue weighted by atomic mass is 9.88. The summed E-state index contributed by atoms with van der Waals surface area (Å²) in [5, 5.41) is 15.5. The molecule has 1 unspecified atom stereocenters. The quantitative estimate of drug-likeness (QED) is 0.529. The molecule has 0 bridgehead atoms. The Bertz CT molecular complexity index is 1040. The average Bonchev–Trinajstić information content (AvgIpc) is 2.76. The normalized spacial score (nSPS) is 14.4. The fraction of sp³-hybridized carbons (Fsp3) is 0.444. The second kappa shape index (κ2) is 11.3. The molecule has 8 nitrogen and oxygen atoms in total. The Balaban J connectivity index is 1.86. The van der Waals surface area contributed by atoms with Gasteiger partial charge >= 0.3 is 6.09 Å². The van der Waals surface area contributed by atoms with Gasteiger partial charge in [0, 0.05) is 12.6 Å². The first-order chi connectivity index (χ1) is 16.5. The summed E-state index contributed by atoms with van der Waals surface area (Å²) in [4.78, 5) is 40.7. The van der Waals surface area contributed by atoms with E-state index in [0.29, 0.717) is 17.7 Å². The molecule has 0 heterocycles. The molecule has 2 aromatic carbocycles. The van der Waals surface area contributed by atoms with Gasteiger partial charge in [-0.05, 0) is 75.8 Å². The fourth-order valence-electron chi connectivity index (χ4n) is 3.95. The predicted octanol–water partition coefficient (Wildman–Crippen LogP) is 3.96. The van der Waals surface area contributed by atoms with Crippen molar-refractivity contribution in [3.8, 4) is 5.75 Å². The third-order valence-electron chi connectivity index (χ3n) is 5.91. The van der Waals surface area contributed by atoms with Crippen LogP contribution in [0.25, 0.3) is 0 Å². The zero-order chi connectivity index (χ0) is 25.6. The summed E-state index contributed by atoms with van der Waals surface area (Å²) in [5.74, 6) is -0.576. The third-order valence-corrected chi connectivity index (χ3v) is 5.91. The predicted molar refractivity (Wildman–Crippen MR) is 133 cm³/mol. The van der Waals surface area contributed by atoms with E-state index in [-0.39, 0.29) is 30.2 Å². The molecule has 1 fully saturated rings. The molecule has 3 N–H and O–H groups in total. The van der Waals surface area contributed by atoms with E-state index in [2.05, 4.69) is 10.6 Å². The van der Waals surface area contributed by atoms with Gasteiger partial charge in [0.1, 0.15) is 23.9 Å². The molecule has 3 rings (SSSR count). The number of benzene rings is 2. The smallest absolute Gasteiger partial charge is 0.408 e. The van der Waals surface area contributed by atoms with E-state index in [9.17, 15) is 19.5 Å². The van der Waals surface area contributed by atoms with Crippen molar-refractivity contribution < 1.29 is 24.2 Å². The topological polar surface area (TPSA) is 108 Å². The first kappa shape index (κ1) is 26.1. The van der Waals surface area contributed by atoms with E-state index in [4.69, 9.17) is 4.74 Å². The van der Waals surface area contributed by atoms with Gasteiger partial charge in [-0.15, -0.1) is 0 Å². The summed E-state index contributed by atoms with van der Waals surface area (Å²) in [7, 11) is 0. The molecule has 0 spiro atoms. The largest absolute Gasteiger partial charge is 0.508 e. The Morgan fingerprint density at radius 2 is 1.77 bits per heavy atom. The fourth-order valence-corrected chi connectivity index (χ4v) is 3.95. The van der Waals surface area contributed by atoms with Crippen molar-refractivity contribution in [2.24, 2.45) is 0 Å². The second-order valence-electron chi connectivity index (χ2n) is 9.89. The molecule has 8 heteroatoms. The second-order valence-corrected chi connectivity index (χ2v) is 9.89. The molecule has 0 aliphatic heterocycles. The SMILES string of the molecule is Cc1cc(C(C(=O)NCc2ccccc2)N(C(=O)CNC(=O)OC(C)(C)C)C2CCC2)ccc1O. The van der Waals surface area contributed by atoms with Crippen molar-refractivity contribution >= 4 is 17.9 Å². The van der Waals surface area contributed by atoms with Crippen LogP contribution in [0.2, 0.25) is 0 Å². The van der Waals surface area contributed by atoms with Gasteiger partial charge in [0.15, 0.2) is 0 Å². The van der Waals surface area contributed by atoms with Crippen LogP contribution in [0, 0.1) is 6.92 Å². The Labute approximate surface area is 206 Å². The Hall–Kier alpha value is -3.55. The van der Waals surface area contributed by atoms with Gasteiger partial charge in [-0.1, -0.05) is 36.4 Å². The van der Waals surface area contributed by atoms with Crippen LogP contribution in [0.5, 0.6) is 5.75 Å². The van der Waals surface area contributed by atoms with E-state index < -0.39 is 17.7 Å². The third kappa shape index (κ3) is 7.21. The molecule has 3 amide bonds. The van der Waals surface area contributed by atoms with Crippen molar-refractivity contribution in [1.82, 2.24) is 15.5 Å². The highest BCUT2D eigenvalue weighted by Gasteiger charge is 2.39. The van der Waals surface area contributed by atoms with Crippen molar-refractivity contribution in [2.45, 2.75) is 71.2 Å². The first-order valence-corrected chi connectivity index (χ1v) is 11.9. The maximum atomic E-state index is 13.5. The lowest BCUT2D eigenvalue weighted by Gasteiger charge is -2.42. The van der Waals surface area contributed by atoms with Crippen LogP contribution < -0.4 is 10.6 Å². The van der Waals surface area contributed by atoms with E-state index in [1.807, 2.05) is 30.3 Å². The molecule has 2 aromatic rings. The highest BCUT2D eigenvalue weighted by molar-refractivity contribution is 5.90. The Kier molecular flexibility index (Phi) is 8.38. The summed E-state index contributed by atoms with van der Waals surface area (Å²) in [6.07, 6.45) is 1.82. The van der Waals surface area contributed by atoms with Crippen LogP contribution in [0.1, 0.15) is 62.8 Å². The van der Waals surface area contributed by atoms with Crippen molar-refractivity contribution in [3.63, 3.8) is 0 Å². The molecule has 0 radical (unpaired) electrons. The average molecular weight is 482 g/mol. The highest BCUT2D eigenvalue weighted by Crippen LogP contribution is 2.34. The Morgan fingerprint density at radius 3 is 2.34 bits per heavy atom. The zero-order valence-electron chi connectivity index (χ0n) is 20.8. The standard InChI is InChI=1S/C27H35N3O5/c1-18-15-20(13-14-22(18)31)24(25(33)28-16-19-9-6-5-7-10-19)30(21-11-8-12-21)23(32)17-29-26(34)35-27(2,3)4/h5-7,9-10,13-15,21,24,31H,8,11-12,16-17H2,1-4H3,(H,28,33)(H,29,34). The van der Waals surface area contributed by atoms with Crippen LogP contribution in [0.3, 0.4) is 0 Å². The molecular formula is C27H35N3O5. The minimum Gasteiger partial charge on any atom is -0.508 e. The van der Waals surface area contributed by atoms with Crippen LogP contribution >= 0.6 is 0 Å². The number of hydrogen-bond donors (Lipinski definition) is 3. The molecule has 1 atom stereocenters. The van der Waals surface area contributed by atoms with Gasteiger partial charge in [-0.25, -0.2) is 4.79 Å². The van der Waals surface area contributed by atoms with E-state index in [1.54, 1.807) is 44.7 Å². The number of alkyl carbamates (subject to hydrolysis) is 1. The van der Waals surface area contributed by atoms with Crippen molar-refractivity contribution in [2.75, 3.05) is 6.54 Å². The number of nitrogens with one attached hydrogen (secondary N) is 2. The number of amides is 3. The molecule has 0 aromatic heterocycles. The van der Waals surface area contributed by atoms with Crippen LogP contribution in [0.15, 0.2) is 48.5 Å². The minimum atomic E-state index is -0.906. The van der Waals surface area contributed by atoms with Gasteiger partial charge in [-0.2, -0.15) is 0 Å². The summed E-state index contributed by atoms with van der Waals surface area (Å²) in [6.45, 7) is 7.01. The number of phenols is 1. The van der Waals surface area contributed by atoms with Crippen LogP contribution in [-0.2, 0) is 20.9 Å². The number of aromatic hydroxyl groups is 1. The lowest BCUT2D eigenvalue weighted by molar-refractivity contribution is -0.145. The molecule has 0 saturated heterocycles. The van der Waals surface area contributed by atoms with Crippen LogP contribution in [0.4, 0.5) is 4.79 Å². The molecule has 188 valence electrons. The number of nitrogens with zero attached hydrogens (tertiary/aromatic N) is 1. The van der Waals surface area contributed by atoms with Crippen molar-refractivity contribution in [3.05, 3.63) is 65.2 Å². The Morgan fingerprint density at radius 1 is 1.09 bits per heavy atom. The van der Waals surface area contributed by atoms with E-state index >= 15 is 0 Å². The molecule has 1 aliphatic rings. The number of carbonyl (C=O) groups is 3. The highest BCUT2D eigenvalue weighted by atomic mass is 16.6. The number of rotatable bonds is 8. The maximum absolute atomic E-state index is 13.5. The number of aryl methyl sites for hydroxylation is 1. The van der Waals surface area contributed by atoms with Gasteiger partial charge < -0.3 is 25.4 Å². The summed E-state index contributed by atoms with van der Waals surface area (Å²) in [5.41, 5.74) is 1.46. The minimum absolute atomic E-state index is 0.116. The molecule has 1 saturated carbocycles. The number of hydrogen-bond acceptors (Lipinski definition) is 5. The van der Waals surface area contributed by atoms with E-state index in [0.717, 1.165) is 24.8 Å². The first-order valence-electron chi connectivity index (χ1n) is 11.9. The number of ether oxygens (including phenoxy) is 1. The van der Waals surface area contributed by atoms with Gasteiger partial charge in [0.2, 0.25) is 11.8 Å². The van der Waals surface area contributed by atoms with Gasteiger partial charge in [0.05, 0.1) is 0 Å². The molecule has 1 aliphatic carbocycles. The lowest BCUT2D eigenvalue weighted by Crippen LogP contribution is -2.53. The monoisotopic (exact) mass is 481 g/mol. The molecule has 35 heavy (non-hydrogen) atoms. The summed E-state index contributed by atoms with van der Waals surface area (Å²) >= 11 is 0. The zero-order valence-corrected chi connectivity index (χ0v) is 20.8. The van der Waals surface area contributed by atoms with Crippen molar-refractivity contribution in [1.29, 1.82) is 0 Å². The summed E-state index contributed by atoms with van der Waals surface area (Å²) < 4.78 is 5.25. The van der Waals surface area contributed by atoms with Gasteiger partial charge in [0.25, 0.3) is 0 Å².